The number of hydrogen-bond donors (Lipinski definition) is 1. The van der Waals surface area contributed by atoms with Gasteiger partial charge in [-0.3, -0.25) is 0 Å². The Kier molecular flexibility index (Phi) is 3.91. The Morgan fingerprint density at radius 2 is 2.00 bits per heavy atom. The van der Waals surface area contributed by atoms with Crippen LogP contribution >= 0.6 is 12.2 Å². The molecule has 18 heavy (non-hydrogen) atoms. The summed E-state index contributed by atoms with van der Waals surface area (Å²) in [5.74, 6) is 0.527. The van der Waals surface area contributed by atoms with Crippen molar-refractivity contribution in [3.05, 3.63) is 35.9 Å². The summed E-state index contributed by atoms with van der Waals surface area (Å²) in [5, 5.41) is 9.53. The maximum Gasteiger partial charge on any atom is 0.256 e. The minimum absolute atomic E-state index is 0.0450. The molecule has 1 heterocycles. The van der Waals surface area contributed by atoms with E-state index in [9.17, 15) is 5.11 Å². The SMILES string of the molecule is CC(C)(c1ccccc1)C1CCCN(C(O)=S)C1. The molecule has 1 N–H and O–H groups in total. The summed E-state index contributed by atoms with van der Waals surface area (Å²) in [6.45, 7) is 6.32. The van der Waals surface area contributed by atoms with Crippen molar-refractivity contribution < 1.29 is 5.11 Å². The average molecular weight is 263 g/mol. The first-order valence-electron chi connectivity index (χ1n) is 6.55. The molecule has 0 amide bonds. The number of rotatable bonds is 2. The molecule has 0 radical (unpaired) electrons. The highest BCUT2D eigenvalue weighted by atomic mass is 32.1. The highest BCUT2D eigenvalue weighted by molar-refractivity contribution is 7.79. The lowest BCUT2D eigenvalue weighted by molar-refractivity contribution is 0.169. The zero-order chi connectivity index (χ0) is 13.2. The van der Waals surface area contributed by atoms with Crippen LogP contribution in [0.25, 0.3) is 0 Å². The Labute approximate surface area is 115 Å². The van der Waals surface area contributed by atoms with E-state index in [4.69, 9.17) is 12.2 Å². The van der Waals surface area contributed by atoms with Crippen molar-refractivity contribution in [2.45, 2.75) is 32.1 Å². The van der Waals surface area contributed by atoms with Gasteiger partial charge in [-0.1, -0.05) is 44.2 Å². The maximum atomic E-state index is 9.49. The van der Waals surface area contributed by atoms with Crippen LogP contribution in [0.4, 0.5) is 0 Å². The molecule has 1 saturated heterocycles. The van der Waals surface area contributed by atoms with E-state index in [1.165, 1.54) is 12.0 Å². The fourth-order valence-corrected chi connectivity index (χ4v) is 3.01. The first-order valence-corrected chi connectivity index (χ1v) is 6.96. The quantitative estimate of drug-likeness (QED) is 0.826. The van der Waals surface area contributed by atoms with Gasteiger partial charge in [0.25, 0.3) is 5.17 Å². The molecule has 1 unspecified atom stereocenters. The largest absolute Gasteiger partial charge is 0.487 e. The number of piperidine rings is 1. The number of hydrogen-bond acceptors (Lipinski definition) is 1. The van der Waals surface area contributed by atoms with Gasteiger partial charge in [0, 0.05) is 13.1 Å². The van der Waals surface area contributed by atoms with Crippen LogP contribution < -0.4 is 0 Å². The second kappa shape index (κ2) is 5.27. The van der Waals surface area contributed by atoms with Gasteiger partial charge < -0.3 is 10.0 Å². The molecule has 2 nitrogen and oxygen atoms in total. The Hall–Kier alpha value is -1.09. The summed E-state index contributed by atoms with van der Waals surface area (Å²) < 4.78 is 0. The van der Waals surface area contributed by atoms with E-state index >= 15 is 0 Å². The molecule has 1 aliphatic rings. The van der Waals surface area contributed by atoms with Crippen molar-refractivity contribution in [1.29, 1.82) is 0 Å². The summed E-state index contributed by atoms with van der Waals surface area (Å²) in [6.07, 6.45) is 2.29. The van der Waals surface area contributed by atoms with Gasteiger partial charge in [0.15, 0.2) is 0 Å². The van der Waals surface area contributed by atoms with Crippen LogP contribution in [0.5, 0.6) is 0 Å². The molecule has 0 bridgehead atoms. The molecular weight excluding hydrogens is 242 g/mol. The van der Waals surface area contributed by atoms with Crippen molar-refractivity contribution in [2.75, 3.05) is 13.1 Å². The summed E-state index contributed by atoms with van der Waals surface area (Å²) in [7, 11) is 0. The van der Waals surface area contributed by atoms with Crippen molar-refractivity contribution in [3.63, 3.8) is 0 Å². The lowest BCUT2D eigenvalue weighted by Crippen LogP contribution is -2.45. The summed E-state index contributed by atoms with van der Waals surface area (Å²) >= 11 is 4.89. The van der Waals surface area contributed by atoms with E-state index in [2.05, 4.69) is 44.2 Å². The smallest absolute Gasteiger partial charge is 0.256 e. The fraction of sp³-hybridized carbons (Fsp3) is 0.533. The Morgan fingerprint density at radius 1 is 1.33 bits per heavy atom. The zero-order valence-corrected chi connectivity index (χ0v) is 11.9. The summed E-state index contributed by atoms with van der Waals surface area (Å²) in [6, 6.07) is 10.6. The molecule has 1 aromatic carbocycles. The second-order valence-electron chi connectivity index (χ2n) is 5.66. The first kappa shape index (κ1) is 13.3. The third-order valence-corrected chi connectivity index (χ3v) is 4.49. The predicted octanol–water partition coefficient (Wildman–Crippen LogP) is 3.52. The topological polar surface area (TPSA) is 23.5 Å². The van der Waals surface area contributed by atoms with Crippen LogP contribution in [0, 0.1) is 5.92 Å². The van der Waals surface area contributed by atoms with Gasteiger partial charge >= 0.3 is 0 Å². The average Bonchev–Trinajstić information content (AvgIpc) is 2.40. The maximum absolute atomic E-state index is 9.49. The number of benzene rings is 1. The normalized spacial score (nSPS) is 20.8. The van der Waals surface area contributed by atoms with E-state index in [0.29, 0.717) is 5.92 Å². The van der Waals surface area contributed by atoms with Crippen LogP contribution in [0.2, 0.25) is 0 Å². The zero-order valence-electron chi connectivity index (χ0n) is 11.1. The third kappa shape index (κ3) is 2.66. The highest BCUT2D eigenvalue weighted by Gasteiger charge is 2.34. The van der Waals surface area contributed by atoms with E-state index in [-0.39, 0.29) is 10.6 Å². The van der Waals surface area contributed by atoms with Gasteiger partial charge in [-0.2, -0.15) is 0 Å². The first-order chi connectivity index (χ1) is 8.51. The molecule has 1 fully saturated rings. The molecule has 1 aromatic rings. The molecule has 0 aliphatic carbocycles. The molecule has 0 spiro atoms. The van der Waals surface area contributed by atoms with Crippen molar-refractivity contribution in [2.24, 2.45) is 5.92 Å². The van der Waals surface area contributed by atoms with Gasteiger partial charge in [0.05, 0.1) is 0 Å². The van der Waals surface area contributed by atoms with Gasteiger partial charge in [0.2, 0.25) is 0 Å². The van der Waals surface area contributed by atoms with Crippen molar-refractivity contribution in [1.82, 2.24) is 4.90 Å². The van der Waals surface area contributed by atoms with E-state index in [1.807, 2.05) is 4.90 Å². The molecule has 2 rings (SSSR count). The molecule has 98 valence electrons. The van der Waals surface area contributed by atoms with E-state index in [0.717, 1.165) is 19.5 Å². The summed E-state index contributed by atoms with van der Waals surface area (Å²) in [4.78, 5) is 1.92. The number of likely N-dealkylation sites (tertiary alicyclic amines) is 1. The number of aliphatic hydroxyl groups excluding tert-OH is 1. The van der Waals surface area contributed by atoms with Gasteiger partial charge in [-0.25, -0.2) is 0 Å². The summed E-state index contributed by atoms with van der Waals surface area (Å²) in [5.41, 5.74) is 1.48. The van der Waals surface area contributed by atoms with Crippen molar-refractivity contribution in [3.8, 4) is 0 Å². The molecule has 1 aliphatic heterocycles. The van der Waals surface area contributed by atoms with Crippen LogP contribution in [-0.4, -0.2) is 28.3 Å². The second-order valence-corrected chi connectivity index (χ2v) is 6.02. The predicted molar refractivity (Wildman–Crippen MR) is 79.0 cm³/mol. The molecule has 0 aromatic heterocycles. The monoisotopic (exact) mass is 263 g/mol. The van der Waals surface area contributed by atoms with Gasteiger partial charge in [-0.15, -0.1) is 0 Å². The number of aliphatic hydroxyl groups is 1. The van der Waals surface area contributed by atoms with Crippen LogP contribution in [0.3, 0.4) is 0 Å². The van der Waals surface area contributed by atoms with Crippen LogP contribution in [-0.2, 0) is 5.41 Å². The number of nitrogens with zero attached hydrogens (tertiary/aromatic N) is 1. The fourth-order valence-electron chi connectivity index (χ4n) is 2.84. The minimum Gasteiger partial charge on any atom is -0.487 e. The van der Waals surface area contributed by atoms with E-state index < -0.39 is 0 Å². The van der Waals surface area contributed by atoms with E-state index in [1.54, 1.807) is 0 Å². The van der Waals surface area contributed by atoms with Gasteiger partial charge in [0.1, 0.15) is 0 Å². The standard InChI is InChI=1S/C15H21NOS/c1-15(2,12-7-4-3-5-8-12)13-9-6-10-16(11-13)14(17)18/h3-5,7-8,13H,6,9-11H2,1-2H3,(H,17,18). The Balaban J connectivity index is 2.17. The highest BCUT2D eigenvalue weighted by Crippen LogP contribution is 2.37. The Morgan fingerprint density at radius 3 is 2.61 bits per heavy atom. The van der Waals surface area contributed by atoms with Gasteiger partial charge in [-0.05, 0) is 42.0 Å². The Bertz CT molecular complexity index is 416. The minimum atomic E-state index is 0.0450. The molecular formula is C15H21NOS. The van der Waals surface area contributed by atoms with Crippen molar-refractivity contribution >= 4 is 17.4 Å². The molecule has 0 saturated carbocycles. The lowest BCUT2D eigenvalue weighted by Gasteiger charge is -2.41. The molecule has 3 heteroatoms. The number of thiocarbonyl (C=S) groups is 1. The van der Waals surface area contributed by atoms with Crippen LogP contribution in [0.15, 0.2) is 30.3 Å². The van der Waals surface area contributed by atoms with Crippen LogP contribution in [0.1, 0.15) is 32.3 Å². The lowest BCUT2D eigenvalue weighted by atomic mass is 9.70. The molecule has 1 atom stereocenters. The third-order valence-electron chi connectivity index (χ3n) is 4.23.